The van der Waals surface area contributed by atoms with E-state index in [1.807, 2.05) is 35.8 Å². The van der Waals surface area contributed by atoms with Crippen LogP contribution >= 0.6 is 0 Å². The zero-order valence-electron chi connectivity index (χ0n) is 16.8. The minimum absolute atomic E-state index is 0.0303. The molecule has 8 nitrogen and oxygen atoms in total. The van der Waals surface area contributed by atoms with Crippen molar-refractivity contribution in [2.45, 2.75) is 32.7 Å². The average Bonchev–Trinajstić information content (AvgIpc) is 3.11. The van der Waals surface area contributed by atoms with E-state index in [9.17, 15) is 14.9 Å². The normalized spacial score (nSPS) is 15.6. The summed E-state index contributed by atoms with van der Waals surface area (Å²) in [5.41, 5.74) is 3.39. The predicted molar refractivity (Wildman–Crippen MR) is 113 cm³/mol. The lowest BCUT2D eigenvalue weighted by Gasteiger charge is -2.31. The zero-order valence-corrected chi connectivity index (χ0v) is 16.8. The molecule has 1 aliphatic heterocycles. The lowest BCUT2D eigenvalue weighted by atomic mass is 9.93. The van der Waals surface area contributed by atoms with Crippen LogP contribution in [0.4, 0.5) is 11.6 Å². The highest BCUT2D eigenvalue weighted by Gasteiger charge is 2.36. The van der Waals surface area contributed by atoms with Crippen molar-refractivity contribution in [2.24, 2.45) is 0 Å². The van der Waals surface area contributed by atoms with Crippen molar-refractivity contribution in [3.63, 3.8) is 0 Å². The predicted octanol–water partition coefficient (Wildman–Crippen LogP) is 4.58. The summed E-state index contributed by atoms with van der Waals surface area (Å²) in [4.78, 5) is 28.7. The van der Waals surface area contributed by atoms with Crippen LogP contribution in [0.15, 0.2) is 59.8 Å². The Balaban J connectivity index is 2.01. The molecule has 0 amide bonds. The number of non-ortho nitro benzene ring substituents is 1. The molecule has 30 heavy (non-hydrogen) atoms. The Morgan fingerprint density at radius 1 is 1.23 bits per heavy atom. The van der Waals surface area contributed by atoms with Gasteiger partial charge < -0.3 is 10.1 Å². The molecule has 4 rings (SSSR count). The first-order chi connectivity index (χ1) is 14.5. The fraction of sp³-hybridized carbons (Fsp3) is 0.273. The molecular weight excluding hydrogens is 384 g/mol. The van der Waals surface area contributed by atoms with Gasteiger partial charge in [-0.05, 0) is 31.0 Å². The number of nitrogens with zero attached hydrogens (tertiary/aromatic N) is 3. The van der Waals surface area contributed by atoms with E-state index in [4.69, 9.17) is 9.72 Å². The van der Waals surface area contributed by atoms with Crippen molar-refractivity contribution in [1.82, 2.24) is 9.55 Å². The number of hydrogen-bond donors (Lipinski definition) is 1. The number of allylic oxidation sites excluding steroid dienone is 1. The van der Waals surface area contributed by atoms with Crippen LogP contribution in [-0.4, -0.2) is 27.1 Å². The molecule has 154 valence electrons. The van der Waals surface area contributed by atoms with Crippen LogP contribution < -0.4 is 5.32 Å². The quantitative estimate of drug-likeness (QED) is 0.365. The minimum atomic E-state index is -0.589. The van der Waals surface area contributed by atoms with Gasteiger partial charge in [0.2, 0.25) is 5.95 Å². The smallest absolute Gasteiger partial charge is 0.338 e. The number of nitro groups is 1. The summed E-state index contributed by atoms with van der Waals surface area (Å²) >= 11 is 0. The summed E-state index contributed by atoms with van der Waals surface area (Å²) in [5.74, 6) is 0.164. The Bertz CT molecular complexity index is 1160. The molecule has 0 spiro atoms. The number of rotatable bonds is 6. The van der Waals surface area contributed by atoms with Gasteiger partial charge in [-0.15, -0.1) is 0 Å². The molecule has 1 unspecified atom stereocenters. The third kappa shape index (κ3) is 3.30. The van der Waals surface area contributed by atoms with Gasteiger partial charge in [-0.3, -0.25) is 14.7 Å². The molecule has 0 radical (unpaired) electrons. The molecule has 1 atom stereocenters. The molecule has 0 fully saturated rings. The number of fused-ring (bicyclic) bond motifs is 3. The van der Waals surface area contributed by atoms with Gasteiger partial charge >= 0.3 is 5.97 Å². The van der Waals surface area contributed by atoms with Crippen molar-refractivity contribution in [3.8, 4) is 0 Å². The standard InChI is InChI=1S/C22H22N4O4/c1-3-8-17-19(21(27)30-4-2)20(14-9-7-10-15(13-14)26(28)29)25-18-12-6-5-11-16(18)23-22(25)24-17/h5-7,9-13,20H,3-4,8H2,1-2H3,(H,23,24). The van der Waals surface area contributed by atoms with Crippen LogP contribution in [0.5, 0.6) is 0 Å². The van der Waals surface area contributed by atoms with E-state index in [1.54, 1.807) is 19.1 Å². The molecule has 0 bridgehead atoms. The Morgan fingerprint density at radius 2 is 2.03 bits per heavy atom. The number of hydrogen-bond acceptors (Lipinski definition) is 6. The number of para-hydroxylation sites is 2. The summed E-state index contributed by atoms with van der Waals surface area (Å²) in [6, 6.07) is 13.4. The van der Waals surface area contributed by atoms with E-state index in [-0.39, 0.29) is 12.3 Å². The summed E-state index contributed by atoms with van der Waals surface area (Å²) in [5, 5.41) is 14.7. The van der Waals surface area contributed by atoms with Crippen molar-refractivity contribution in [1.29, 1.82) is 0 Å². The van der Waals surface area contributed by atoms with E-state index in [0.717, 1.165) is 23.2 Å². The fourth-order valence-corrected chi connectivity index (χ4v) is 3.91. The third-order valence-corrected chi connectivity index (χ3v) is 5.11. The number of esters is 1. The number of anilines is 1. The van der Waals surface area contributed by atoms with Crippen LogP contribution in [0.2, 0.25) is 0 Å². The fourth-order valence-electron chi connectivity index (χ4n) is 3.91. The molecule has 2 heterocycles. The second-order valence-electron chi connectivity index (χ2n) is 7.04. The molecule has 1 aromatic heterocycles. The van der Waals surface area contributed by atoms with Gasteiger partial charge in [0.15, 0.2) is 0 Å². The first-order valence-electron chi connectivity index (χ1n) is 9.93. The van der Waals surface area contributed by atoms with Gasteiger partial charge in [-0.25, -0.2) is 9.78 Å². The topological polar surface area (TPSA) is 99.3 Å². The van der Waals surface area contributed by atoms with Crippen molar-refractivity contribution >= 4 is 28.6 Å². The molecule has 0 saturated carbocycles. The number of aromatic nitrogens is 2. The van der Waals surface area contributed by atoms with E-state index >= 15 is 0 Å². The Kier molecular flexibility index (Phi) is 5.22. The van der Waals surface area contributed by atoms with Crippen LogP contribution in [-0.2, 0) is 9.53 Å². The molecule has 2 aromatic carbocycles. The zero-order chi connectivity index (χ0) is 21.3. The van der Waals surface area contributed by atoms with Gasteiger partial charge in [-0.1, -0.05) is 37.6 Å². The number of benzene rings is 2. The molecule has 0 saturated heterocycles. The molecule has 1 N–H and O–H groups in total. The van der Waals surface area contributed by atoms with Crippen molar-refractivity contribution in [3.05, 3.63) is 75.5 Å². The van der Waals surface area contributed by atoms with Gasteiger partial charge in [0.1, 0.15) is 0 Å². The first-order valence-corrected chi connectivity index (χ1v) is 9.93. The monoisotopic (exact) mass is 406 g/mol. The van der Waals surface area contributed by atoms with Crippen LogP contribution in [0.1, 0.15) is 38.3 Å². The number of imidazole rings is 1. The van der Waals surface area contributed by atoms with Gasteiger partial charge in [-0.2, -0.15) is 0 Å². The molecule has 0 aliphatic carbocycles. The highest BCUT2D eigenvalue weighted by Crippen LogP contribution is 2.41. The maximum absolute atomic E-state index is 13.1. The Labute approximate surface area is 173 Å². The average molecular weight is 406 g/mol. The summed E-state index contributed by atoms with van der Waals surface area (Å²) in [6.45, 7) is 4.02. The summed E-state index contributed by atoms with van der Waals surface area (Å²) < 4.78 is 7.30. The van der Waals surface area contributed by atoms with Crippen LogP contribution in [0, 0.1) is 10.1 Å². The lowest BCUT2D eigenvalue weighted by Crippen LogP contribution is -2.29. The van der Waals surface area contributed by atoms with Crippen molar-refractivity contribution < 1.29 is 14.5 Å². The molecule has 3 aromatic rings. The number of carbonyl (C=O) groups is 1. The summed E-state index contributed by atoms with van der Waals surface area (Å²) in [7, 11) is 0. The molecular formula is C22H22N4O4. The van der Waals surface area contributed by atoms with E-state index in [0.29, 0.717) is 23.5 Å². The van der Waals surface area contributed by atoms with Gasteiger partial charge in [0.25, 0.3) is 5.69 Å². The Hall–Kier alpha value is -3.68. The maximum Gasteiger partial charge on any atom is 0.338 e. The van der Waals surface area contributed by atoms with Crippen LogP contribution in [0.3, 0.4) is 0 Å². The van der Waals surface area contributed by atoms with Gasteiger partial charge in [0, 0.05) is 17.8 Å². The van der Waals surface area contributed by atoms with Crippen LogP contribution in [0.25, 0.3) is 11.0 Å². The second-order valence-corrected chi connectivity index (χ2v) is 7.04. The maximum atomic E-state index is 13.1. The Morgan fingerprint density at radius 3 is 2.77 bits per heavy atom. The number of nitro benzene ring substituents is 1. The SMILES string of the molecule is CCCC1=C(C(=O)OCC)C(c2cccc([N+](=O)[O-])c2)n2c(nc3ccccc32)N1. The first kappa shape index (κ1) is 19.6. The minimum Gasteiger partial charge on any atom is -0.463 e. The molecule has 8 heteroatoms. The van der Waals surface area contributed by atoms with E-state index in [2.05, 4.69) is 5.32 Å². The highest BCUT2D eigenvalue weighted by molar-refractivity contribution is 5.94. The highest BCUT2D eigenvalue weighted by atomic mass is 16.6. The van der Waals surface area contributed by atoms with Crippen molar-refractivity contribution in [2.75, 3.05) is 11.9 Å². The largest absolute Gasteiger partial charge is 0.463 e. The lowest BCUT2D eigenvalue weighted by molar-refractivity contribution is -0.384. The summed E-state index contributed by atoms with van der Waals surface area (Å²) in [6.07, 6.45) is 1.44. The third-order valence-electron chi connectivity index (χ3n) is 5.11. The molecule has 1 aliphatic rings. The number of ether oxygens (including phenoxy) is 1. The van der Waals surface area contributed by atoms with E-state index in [1.165, 1.54) is 12.1 Å². The second kappa shape index (κ2) is 7.98. The number of nitrogens with one attached hydrogen (secondary N) is 1. The van der Waals surface area contributed by atoms with E-state index < -0.39 is 16.9 Å². The number of carbonyl (C=O) groups excluding carboxylic acids is 1. The van der Waals surface area contributed by atoms with Gasteiger partial charge in [0.05, 0.1) is 34.2 Å².